The number of carbonyl (C=O) groups excluding carboxylic acids is 1. The summed E-state index contributed by atoms with van der Waals surface area (Å²) in [6, 6.07) is 19.4. The van der Waals surface area contributed by atoms with Gasteiger partial charge in [-0.2, -0.15) is 0 Å². The van der Waals surface area contributed by atoms with Gasteiger partial charge in [0.2, 0.25) is 15.9 Å². The molecule has 48 heavy (non-hydrogen) atoms. The number of nitrogens with one attached hydrogen (secondary N) is 1. The van der Waals surface area contributed by atoms with E-state index in [1.165, 1.54) is 24.3 Å². The Kier molecular flexibility index (Phi) is 12.8. The lowest BCUT2D eigenvalue weighted by atomic mass is 9.78. The van der Waals surface area contributed by atoms with Gasteiger partial charge in [0, 0.05) is 12.2 Å². The fraction of sp³-hybridized carbons (Fsp3) is 0.457. The lowest BCUT2D eigenvalue weighted by Gasteiger charge is -2.48. The largest absolute Gasteiger partial charge is 0.393 e. The molecule has 4 rings (SSSR count). The maximum absolute atomic E-state index is 13.6. The number of aliphatic hydroxyl groups excluding tert-OH is 5. The van der Waals surface area contributed by atoms with E-state index < -0.39 is 64.9 Å². The first-order chi connectivity index (χ1) is 22.7. The van der Waals surface area contributed by atoms with Gasteiger partial charge in [-0.3, -0.25) is 4.79 Å². The molecule has 1 amide bonds. The summed E-state index contributed by atoms with van der Waals surface area (Å²) in [4.78, 5) is 15.3. The maximum Gasteiger partial charge on any atom is 0.233 e. The van der Waals surface area contributed by atoms with E-state index in [1.54, 1.807) is 29.2 Å². The van der Waals surface area contributed by atoms with Crippen LogP contribution in [-0.4, -0.2) is 82.7 Å². The number of sulfonamides is 1. The van der Waals surface area contributed by atoms with Crippen LogP contribution in [0.5, 0.6) is 0 Å². The molecule has 1 saturated heterocycles. The van der Waals surface area contributed by atoms with Crippen LogP contribution in [0.15, 0.2) is 72.8 Å². The molecular formula is C35H45FN2O9S. The number of β-lactam (4-membered cyclic amide) rings is 1. The van der Waals surface area contributed by atoms with Crippen molar-refractivity contribution in [3.8, 4) is 0 Å². The van der Waals surface area contributed by atoms with Crippen molar-refractivity contribution >= 4 is 21.6 Å². The molecule has 0 aromatic heterocycles. The van der Waals surface area contributed by atoms with Crippen molar-refractivity contribution in [3.05, 3.63) is 101 Å². The van der Waals surface area contributed by atoms with Crippen molar-refractivity contribution in [2.75, 3.05) is 30.9 Å². The first-order valence-electron chi connectivity index (χ1n) is 16.0. The highest BCUT2D eigenvalue weighted by molar-refractivity contribution is 7.88. The maximum atomic E-state index is 13.6. The standard InChI is InChI=1S/C35H45FN2O9S/c1-48(46,47)37-20-2-3-23-4-14-28(15-5-23)38-32(29(34(38)44)16-17-30(41)24-10-12-27(36)13-11-24)25-6-8-26(9-7-25)33(43)31(42)18-19-35(45,21-39)22-40/h4-15,29-33,37,39-43,45H,2-3,16-22H2,1H3. The molecule has 11 nitrogen and oxygen atoms in total. The molecule has 1 aliphatic rings. The molecule has 1 fully saturated rings. The van der Waals surface area contributed by atoms with Crippen LogP contribution in [0.4, 0.5) is 10.1 Å². The van der Waals surface area contributed by atoms with Gasteiger partial charge in [0.15, 0.2) is 0 Å². The van der Waals surface area contributed by atoms with Crippen LogP contribution < -0.4 is 9.62 Å². The van der Waals surface area contributed by atoms with Gasteiger partial charge in [-0.25, -0.2) is 17.5 Å². The van der Waals surface area contributed by atoms with Gasteiger partial charge in [0.1, 0.15) is 17.5 Å². The zero-order valence-corrected chi connectivity index (χ0v) is 27.6. The number of halogens is 1. The molecule has 7 N–H and O–H groups in total. The van der Waals surface area contributed by atoms with Crippen molar-refractivity contribution in [2.45, 2.75) is 68.5 Å². The van der Waals surface area contributed by atoms with E-state index >= 15 is 0 Å². The normalized spacial score (nSPS) is 18.8. The van der Waals surface area contributed by atoms with Gasteiger partial charge in [0.25, 0.3) is 0 Å². The third kappa shape index (κ3) is 9.67. The first kappa shape index (κ1) is 37.5. The number of hydrogen-bond acceptors (Lipinski definition) is 9. The summed E-state index contributed by atoms with van der Waals surface area (Å²) in [6.45, 7) is -1.06. The van der Waals surface area contributed by atoms with Crippen molar-refractivity contribution in [1.82, 2.24) is 4.72 Å². The lowest BCUT2D eigenvalue weighted by molar-refractivity contribution is -0.131. The van der Waals surface area contributed by atoms with Crippen LogP contribution in [0.2, 0.25) is 0 Å². The summed E-state index contributed by atoms with van der Waals surface area (Å²) in [6.07, 6.45) is -0.700. The van der Waals surface area contributed by atoms with Gasteiger partial charge in [-0.1, -0.05) is 48.5 Å². The van der Waals surface area contributed by atoms with E-state index in [0.717, 1.165) is 17.4 Å². The Morgan fingerprint density at radius 3 is 2.08 bits per heavy atom. The zero-order valence-electron chi connectivity index (χ0n) is 26.8. The molecule has 13 heteroatoms. The number of nitrogens with zero attached hydrogens (tertiary/aromatic N) is 1. The van der Waals surface area contributed by atoms with E-state index in [9.17, 15) is 48.2 Å². The molecule has 0 radical (unpaired) electrons. The van der Waals surface area contributed by atoms with E-state index in [1.807, 2.05) is 24.3 Å². The number of benzene rings is 3. The Hall–Kier alpha value is -3.27. The Labute approximate surface area is 280 Å². The highest BCUT2D eigenvalue weighted by atomic mass is 32.2. The summed E-state index contributed by atoms with van der Waals surface area (Å²) in [5, 5.41) is 60.7. The number of hydrogen-bond donors (Lipinski definition) is 7. The second-order valence-electron chi connectivity index (χ2n) is 12.6. The van der Waals surface area contributed by atoms with Gasteiger partial charge in [-0.15, -0.1) is 0 Å². The van der Waals surface area contributed by atoms with E-state index in [-0.39, 0.29) is 25.2 Å². The SMILES string of the molecule is CS(=O)(=O)NCCCc1ccc(N2C(=O)C(CCC(O)c3ccc(F)cc3)C2c2ccc(C(O)C(O)CCC(O)(CO)CO)cc2)cc1. The van der Waals surface area contributed by atoms with E-state index in [4.69, 9.17) is 0 Å². The minimum absolute atomic E-state index is 0.0753. The number of rotatable bonds is 18. The Morgan fingerprint density at radius 1 is 0.896 bits per heavy atom. The molecule has 0 aliphatic carbocycles. The number of aliphatic hydroxyl groups is 6. The summed E-state index contributed by atoms with van der Waals surface area (Å²) in [5.74, 6) is -1.01. The number of aryl methyl sites for hydroxylation is 1. The van der Waals surface area contributed by atoms with Gasteiger partial charge in [0.05, 0.1) is 43.6 Å². The second-order valence-corrected chi connectivity index (χ2v) is 14.4. The molecule has 5 atom stereocenters. The van der Waals surface area contributed by atoms with Crippen molar-refractivity contribution in [3.63, 3.8) is 0 Å². The predicted molar refractivity (Wildman–Crippen MR) is 178 cm³/mol. The topological polar surface area (TPSA) is 188 Å². The van der Waals surface area contributed by atoms with Gasteiger partial charge < -0.3 is 35.5 Å². The molecule has 3 aromatic rings. The van der Waals surface area contributed by atoms with Crippen LogP contribution in [0, 0.1) is 11.7 Å². The smallest absolute Gasteiger partial charge is 0.233 e. The highest BCUT2D eigenvalue weighted by Gasteiger charge is 2.48. The van der Waals surface area contributed by atoms with Crippen molar-refractivity contribution in [2.24, 2.45) is 5.92 Å². The lowest BCUT2D eigenvalue weighted by Crippen LogP contribution is -2.55. The number of carbonyl (C=O) groups is 1. The summed E-state index contributed by atoms with van der Waals surface area (Å²) < 4.78 is 38.5. The molecule has 1 aliphatic heterocycles. The van der Waals surface area contributed by atoms with Crippen molar-refractivity contribution in [1.29, 1.82) is 0 Å². The zero-order chi connectivity index (χ0) is 35.1. The van der Waals surface area contributed by atoms with Crippen LogP contribution >= 0.6 is 0 Å². The fourth-order valence-electron chi connectivity index (χ4n) is 5.96. The van der Waals surface area contributed by atoms with Crippen LogP contribution in [-0.2, 0) is 21.2 Å². The van der Waals surface area contributed by atoms with Crippen LogP contribution in [0.3, 0.4) is 0 Å². The number of amides is 1. The number of anilines is 1. The minimum atomic E-state index is -3.26. The minimum Gasteiger partial charge on any atom is -0.393 e. The van der Waals surface area contributed by atoms with E-state index in [0.29, 0.717) is 42.6 Å². The van der Waals surface area contributed by atoms with E-state index in [2.05, 4.69) is 4.72 Å². The monoisotopic (exact) mass is 688 g/mol. The molecular weight excluding hydrogens is 643 g/mol. The molecule has 5 unspecified atom stereocenters. The summed E-state index contributed by atoms with van der Waals surface area (Å²) in [5.41, 5.74) is 1.60. The van der Waals surface area contributed by atoms with Gasteiger partial charge >= 0.3 is 0 Å². The quantitative estimate of drug-likeness (QED) is 0.0778. The summed E-state index contributed by atoms with van der Waals surface area (Å²) >= 11 is 0. The first-order valence-corrected chi connectivity index (χ1v) is 17.8. The Morgan fingerprint density at radius 2 is 1.50 bits per heavy atom. The Bertz CT molecular complexity index is 1580. The highest BCUT2D eigenvalue weighted by Crippen LogP contribution is 2.46. The van der Waals surface area contributed by atoms with Crippen LogP contribution in [0.1, 0.15) is 72.6 Å². The molecule has 1 heterocycles. The van der Waals surface area contributed by atoms with Crippen molar-refractivity contribution < 1.29 is 48.2 Å². The third-order valence-corrected chi connectivity index (χ3v) is 9.65. The predicted octanol–water partition coefficient (Wildman–Crippen LogP) is 2.42. The fourth-order valence-corrected chi connectivity index (χ4v) is 6.47. The average Bonchev–Trinajstić information content (AvgIpc) is 3.08. The molecule has 0 bridgehead atoms. The third-order valence-electron chi connectivity index (χ3n) is 8.92. The van der Waals surface area contributed by atoms with Crippen LogP contribution in [0.25, 0.3) is 0 Å². The average molecular weight is 689 g/mol. The second kappa shape index (κ2) is 16.4. The summed E-state index contributed by atoms with van der Waals surface area (Å²) in [7, 11) is -3.26. The molecule has 0 spiro atoms. The molecule has 3 aromatic carbocycles. The molecule has 262 valence electrons. The Balaban J connectivity index is 1.50. The van der Waals surface area contributed by atoms with Gasteiger partial charge in [-0.05, 0) is 85.0 Å². The molecule has 0 saturated carbocycles.